The molecule has 1 aromatic heterocycles. The maximum Gasteiger partial charge on any atom is 0.185 e. The molecule has 0 N–H and O–H groups in total. The average molecular weight is 481 g/mol. The molecule has 4 nitrogen and oxygen atoms in total. The van der Waals surface area contributed by atoms with E-state index in [2.05, 4.69) is 42.3 Å². The molecule has 0 atom stereocenters. The van der Waals surface area contributed by atoms with Gasteiger partial charge in [0.25, 0.3) is 0 Å². The lowest BCUT2D eigenvalue weighted by Crippen LogP contribution is -2.39. The molecule has 2 aromatic carbocycles. The fourth-order valence-corrected chi connectivity index (χ4v) is 7.34. The minimum absolute atomic E-state index is 0.127. The monoisotopic (exact) mass is 480 g/mol. The highest BCUT2D eigenvalue weighted by Gasteiger charge is 2.33. The first-order chi connectivity index (χ1) is 14.3. The maximum absolute atomic E-state index is 13.1. The van der Waals surface area contributed by atoms with Crippen LogP contribution in [0.1, 0.15) is 24.0 Å². The second kappa shape index (κ2) is 8.50. The van der Waals surface area contributed by atoms with Crippen LogP contribution in [0, 0.1) is 13.8 Å². The molecule has 30 heavy (non-hydrogen) atoms. The predicted molar refractivity (Wildman–Crippen MR) is 126 cm³/mol. The van der Waals surface area contributed by atoms with Crippen molar-refractivity contribution in [3.05, 3.63) is 63.0 Å². The Morgan fingerprint density at radius 2 is 1.73 bits per heavy atom. The van der Waals surface area contributed by atoms with Gasteiger partial charge in [-0.15, -0.1) is 11.3 Å². The van der Waals surface area contributed by atoms with Crippen molar-refractivity contribution in [2.45, 2.75) is 36.8 Å². The molecule has 4 rings (SSSR count). The Morgan fingerprint density at radius 3 is 2.40 bits per heavy atom. The fourth-order valence-electron chi connectivity index (χ4n) is 3.98. The lowest BCUT2D eigenvalue weighted by Gasteiger charge is -2.31. The quantitative estimate of drug-likeness (QED) is 0.447. The number of benzene rings is 2. The molecule has 1 fully saturated rings. The number of hydrogen-bond donors (Lipinski definition) is 0. The van der Waals surface area contributed by atoms with Gasteiger partial charge in [0.2, 0.25) is 0 Å². The Kier molecular flexibility index (Phi) is 6.13. The number of rotatable bonds is 4. The highest BCUT2D eigenvalue weighted by molar-refractivity contribution is 7.92. The Morgan fingerprint density at radius 1 is 1.07 bits per heavy atom. The van der Waals surface area contributed by atoms with Gasteiger partial charge in [0.05, 0.1) is 20.9 Å². The van der Waals surface area contributed by atoms with Crippen LogP contribution < -0.4 is 4.90 Å². The minimum atomic E-state index is -3.53. The molecule has 0 bridgehead atoms. The van der Waals surface area contributed by atoms with Gasteiger partial charge in [-0.3, -0.25) is 0 Å². The van der Waals surface area contributed by atoms with Gasteiger partial charge in [0, 0.05) is 29.1 Å². The van der Waals surface area contributed by atoms with Crippen molar-refractivity contribution in [1.29, 1.82) is 0 Å². The van der Waals surface area contributed by atoms with Crippen LogP contribution in [0.4, 0.5) is 5.13 Å². The first kappa shape index (κ1) is 21.6. The highest BCUT2D eigenvalue weighted by atomic mass is 35.5. The summed E-state index contributed by atoms with van der Waals surface area (Å²) in [6.45, 7) is 5.47. The average Bonchev–Trinajstić information content (AvgIpc) is 3.19. The molecule has 1 aliphatic heterocycles. The number of sulfone groups is 1. The van der Waals surface area contributed by atoms with Crippen molar-refractivity contribution in [3.8, 4) is 11.3 Å². The lowest BCUT2D eigenvalue weighted by atomic mass is 10.0. The SMILES string of the molecule is Cc1cccc(C)c1-c1csc(N2CCC(S(=O)(=O)c3cc(Cl)ccc3Cl)CC2)n1. The fraction of sp³-hybridized carbons (Fsp3) is 0.318. The first-order valence-corrected chi connectivity index (χ1v) is 12.9. The van der Waals surface area contributed by atoms with E-state index in [0.29, 0.717) is 31.0 Å². The number of hydrogen-bond acceptors (Lipinski definition) is 5. The molecule has 1 saturated heterocycles. The zero-order valence-electron chi connectivity index (χ0n) is 16.7. The third-order valence-electron chi connectivity index (χ3n) is 5.58. The van der Waals surface area contributed by atoms with E-state index in [4.69, 9.17) is 28.2 Å². The van der Waals surface area contributed by atoms with Crippen molar-refractivity contribution < 1.29 is 8.42 Å². The summed E-state index contributed by atoms with van der Waals surface area (Å²) in [5.74, 6) is 0. The number of thiazole rings is 1. The molecule has 0 aliphatic carbocycles. The van der Waals surface area contributed by atoms with Crippen LogP contribution in [0.15, 0.2) is 46.7 Å². The minimum Gasteiger partial charge on any atom is -0.348 e. The summed E-state index contributed by atoms with van der Waals surface area (Å²) in [5.41, 5.74) is 4.56. The van der Waals surface area contributed by atoms with Gasteiger partial charge in [-0.1, -0.05) is 41.4 Å². The summed E-state index contributed by atoms with van der Waals surface area (Å²) < 4.78 is 26.2. The van der Waals surface area contributed by atoms with E-state index < -0.39 is 15.1 Å². The molecular formula is C22H22Cl2N2O2S2. The maximum atomic E-state index is 13.1. The molecule has 1 aliphatic rings. The van der Waals surface area contributed by atoms with Crippen molar-refractivity contribution >= 4 is 49.5 Å². The Labute approximate surface area is 191 Å². The van der Waals surface area contributed by atoms with Gasteiger partial charge in [-0.05, 0) is 56.0 Å². The summed E-state index contributed by atoms with van der Waals surface area (Å²) >= 11 is 13.8. The van der Waals surface area contributed by atoms with Gasteiger partial charge in [0.15, 0.2) is 15.0 Å². The molecular weight excluding hydrogens is 459 g/mol. The second-order valence-corrected chi connectivity index (χ2v) is 11.5. The number of halogens is 2. The van der Waals surface area contributed by atoms with Crippen LogP contribution in [0.25, 0.3) is 11.3 Å². The third kappa shape index (κ3) is 4.11. The Hall–Kier alpha value is -1.60. The summed E-state index contributed by atoms with van der Waals surface area (Å²) in [7, 11) is -3.53. The highest BCUT2D eigenvalue weighted by Crippen LogP contribution is 2.35. The van der Waals surface area contributed by atoms with E-state index in [0.717, 1.165) is 10.8 Å². The third-order valence-corrected chi connectivity index (χ3v) is 9.46. The van der Waals surface area contributed by atoms with Crippen LogP contribution in [-0.4, -0.2) is 31.7 Å². The Bertz CT molecular complexity index is 1160. The van der Waals surface area contributed by atoms with Crippen LogP contribution >= 0.6 is 34.5 Å². The van der Waals surface area contributed by atoms with E-state index in [9.17, 15) is 8.42 Å². The molecule has 0 spiro atoms. The molecule has 0 unspecified atom stereocenters. The van der Waals surface area contributed by atoms with Crippen LogP contribution in [0.5, 0.6) is 0 Å². The van der Waals surface area contributed by atoms with Gasteiger partial charge in [-0.25, -0.2) is 13.4 Å². The number of aromatic nitrogens is 1. The molecule has 158 valence electrons. The van der Waals surface area contributed by atoms with E-state index in [-0.39, 0.29) is 9.92 Å². The molecule has 0 amide bonds. The summed E-state index contributed by atoms with van der Waals surface area (Å²) in [6, 6.07) is 10.8. The van der Waals surface area contributed by atoms with Gasteiger partial charge < -0.3 is 4.90 Å². The normalized spacial score (nSPS) is 15.5. The zero-order valence-corrected chi connectivity index (χ0v) is 19.9. The van der Waals surface area contributed by atoms with E-state index in [1.165, 1.54) is 28.8 Å². The van der Waals surface area contributed by atoms with Gasteiger partial charge >= 0.3 is 0 Å². The van der Waals surface area contributed by atoms with Crippen molar-refractivity contribution in [2.75, 3.05) is 18.0 Å². The number of aryl methyl sites for hydroxylation is 2. The van der Waals surface area contributed by atoms with Crippen molar-refractivity contribution in [3.63, 3.8) is 0 Å². The molecule has 3 aromatic rings. The molecule has 0 radical (unpaired) electrons. The lowest BCUT2D eigenvalue weighted by molar-refractivity contribution is 0.529. The van der Waals surface area contributed by atoms with Gasteiger partial charge in [-0.2, -0.15) is 0 Å². The van der Waals surface area contributed by atoms with E-state index in [1.54, 1.807) is 17.4 Å². The smallest absolute Gasteiger partial charge is 0.185 e. The van der Waals surface area contributed by atoms with Crippen molar-refractivity contribution in [2.24, 2.45) is 0 Å². The van der Waals surface area contributed by atoms with E-state index >= 15 is 0 Å². The largest absolute Gasteiger partial charge is 0.348 e. The van der Waals surface area contributed by atoms with Crippen molar-refractivity contribution in [1.82, 2.24) is 4.98 Å². The number of nitrogens with zero attached hydrogens (tertiary/aromatic N) is 2. The van der Waals surface area contributed by atoms with Crippen LogP contribution in [0.3, 0.4) is 0 Å². The molecule has 8 heteroatoms. The first-order valence-electron chi connectivity index (χ1n) is 9.73. The van der Waals surface area contributed by atoms with Gasteiger partial charge in [0.1, 0.15) is 0 Å². The molecule has 2 heterocycles. The van der Waals surface area contributed by atoms with E-state index in [1.807, 2.05) is 0 Å². The molecule has 0 saturated carbocycles. The number of piperidine rings is 1. The summed E-state index contributed by atoms with van der Waals surface area (Å²) in [4.78, 5) is 7.15. The zero-order chi connectivity index (χ0) is 21.5. The standard InChI is InChI=1S/C22H22Cl2N2O2S2/c1-14-4-3-5-15(2)21(14)19-13-29-22(25-19)26-10-8-17(9-11-26)30(27,28)20-12-16(23)6-7-18(20)24/h3-7,12-13,17H,8-11H2,1-2H3. The second-order valence-electron chi connectivity index (χ2n) is 7.59. The topological polar surface area (TPSA) is 50.3 Å². The van der Waals surface area contributed by atoms with Crippen LogP contribution in [-0.2, 0) is 9.84 Å². The summed E-state index contributed by atoms with van der Waals surface area (Å²) in [5, 5.41) is 3.14. The number of anilines is 1. The summed E-state index contributed by atoms with van der Waals surface area (Å²) in [6.07, 6.45) is 1.06. The Balaban J connectivity index is 1.50. The van der Waals surface area contributed by atoms with Crippen LogP contribution in [0.2, 0.25) is 10.0 Å². The predicted octanol–water partition coefficient (Wildman–Crippen LogP) is 6.18.